The Kier molecular flexibility index (Phi) is 6.41. The van der Waals surface area contributed by atoms with Gasteiger partial charge < -0.3 is 24.7 Å². The average molecular weight is 450 g/mol. The number of hydrogen-bond acceptors (Lipinski definition) is 7. The Morgan fingerprint density at radius 1 is 1.18 bits per heavy atom. The number of benzene rings is 1. The lowest BCUT2D eigenvalue weighted by atomic mass is 9.91. The molecule has 0 bridgehead atoms. The molecule has 1 fully saturated rings. The zero-order valence-corrected chi connectivity index (χ0v) is 18.3. The van der Waals surface area contributed by atoms with Crippen molar-refractivity contribution in [2.75, 3.05) is 38.2 Å². The number of likely N-dealkylation sites (N-methyl/N-ethyl adjacent to an activating group) is 1. The number of carbonyl (C=O) groups excluding carboxylic acids is 1. The molecule has 0 unspecified atom stereocenters. The molecule has 0 saturated carbocycles. The monoisotopic (exact) mass is 450 g/mol. The number of pyridine rings is 2. The Hall–Kier alpha value is -3.72. The maximum atomic E-state index is 12.9. The third-order valence-corrected chi connectivity index (χ3v) is 5.76. The van der Waals surface area contributed by atoms with Gasteiger partial charge in [-0.25, -0.2) is 4.79 Å². The molecule has 2 aromatic heterocycles. The lowest BCUT2D eigenvalue weighted by molar-refractivity contribution is -0.139. The van der Waals surface area contributed by atoms with Crippen molar-refractivity contribution in [1.82, 2.24) is 14.9 Å². The molecule has 0 aliphatic carbocycles. The summed E-state index contributed by atoms with van der Waals surface area (Å²) < 4.78 is 5.11. The minimum absolute atomic E-state index is 0.181. The van der Waals surface area contributed by atoms with Gasteiger partial charge in [-0.05, 0) is 49.2 Å². The summed E-state index contributed by atoms with van der Waals surface area (Å²) in [6.45, 7) is 0.923. The van der Waals surface area contributed by atoms with Crippen molar-refractivity contribution in [3.63, 3.8) is 0 Å². The number of nitrogens with zero attached hydrogens (tertiary/aromatic N) is 4. The highest BCUT2D eigenvalue weighted by atomic mass is 16.5. The van der Waals surface area contributed by atoms with Gasteiger partial charge in [0.1, 0.15) is 5.75 Å². The van der Waals surface area contributed by atoms with Gasteiger partial charge in [-0.15, -0.1) is 0 Å². The molecule has 1 saturated heterocycles. The molecule has 4 rings (SSSR count). The van der Waals surface area contributed by atoms with Crippen LogP contribution in [0.1, 0.15) is 23.2 Å². The molecule has 172 valence electrons. The Balaban J connectivity index is 1.44. The van der Waals surface area contributed by atoms with E-state index in [4.69, 9.17) is 9.84 Å². The number of hydrogen-bond donors (Lipinski definition) is 2. The number of aromatic nitrogens is 2. The lowest BCUT2D eigenvalue weighted by Crippen LogP contribution is -2.54. The van der Waals surface area contributed by atoms with Gasteiger partial charge in [0.05, 0.1) is 17.7 Å². The topological polar surface area (TPSA) is 116 Å². The number of carboxylic acids is 1. The molecular formula is C24H26N4O5. The van der Waals surface area contributed by atoms with Gasteiger partial charge in [0, 0.05) is 55.4 Å². The standard InChI is InChI=1S/C24H26N4O5/c1-27(23(31)17-3-5-18(6-4-17)33-14-22(29)30)15-24(32)9-2-12-28(16-24)21-8-11-26-20-7-10-25-13-19(20)21/h3-8,10-11,13,32H,2,9,12,14-16H2,1H3,(H,29,30)/t24-/m1/s1. The van der Waals surface area contributed by atoms with Crippen LogP contribution in [0.15, 0.2) is 55.0 Å². The molecule has 1 atom stereocenters. The first-order valence-corrected chi connectivity index (χ1v) is 10.7. The van der Waals surface area contributed by atoms with E-state index in [2.05, 4.69) is 14.9 Å². The smallest absolute Gasteiger partial charge is 0.341 e. The molecule has 2 N–H and O–H groups in total. The summed E-state index contributed by atoms with van der Waals surface area (Å²) >= 11 is 0. The molecule has 1 aliphatic heterocycles. The van der Waals surface area contributed by atoms with E-state index >= 15 is 0 Å². The first kappa shape index (κ1) is 22.5. The van der Waals surface area contributed by atoms with Gasteiger partial charge in [-0.2, -0.15) is 0 Å². The van der Waals surface area contributed by atoms with Gasteiger partial charge in [0.25, 0.3) is 5.91 Å². The van der Waals surface area contributed by atoms with Crippen molar-refractivity contribution in [3.8, 4) is 5.75 Å². The van der Waals surface area contributed by atoms with Gasteiger partial charge >= 0.3 is 5.97 Å². The van der Waals surface area contributed by atoms with Crippen molar-refractivity contribution in [3.05, 3.63) is 60.6 Å². The van der Waals surface area contributed by atoms with Crippen LogP contribution >= 0.6 is 0 Å². The molecular weight excluding hydrogens is 424 g/mol. The Morgan fingerprint density at radius 3 is 2.73 bits per heavy atom. The number of ether oxygens (including phenoxy) is 1. The van der Waals surface area contributed by atoms with Gasteiger partial charge in [-0.1, -0.05) is 0 Å². The summed E-state index contributed by atoms with van der Waals surface area (Å²) in [4.78, 5) is 35.8. The van der Waals surface area contributed by atoms with Crippen LogP contribution in [0, 0.1) is 0 Å². The quantitative estimate of drug-likeness (QED) is 0.563. The Bertz CT molecular complexity index is 1150. The number of carboxylic acid groups (broad SMARTS) is 1. The van der Waals surface area contributed by atoms with Gasteiger partial charge in [0.2, 0.25) is 0 Å². The fourth-order valence-corrected chi connectivity index (χ4v) is 4.27. The van der Waals surface area contributed by atoms with Crippen LogP contribution in [0.5, 0.6) is 5.75 Å². The van der Waals surface area contributed by atoms with Crippen LogP contribution in [-0.2, 0) is 4.79 Å². The molecule has 3 aromatic rings. The van der Waals surface area contributed by atoms with Crippen LogP contribution in [0.2, 0.25) is 0 Å². The molecule has 1 aliphatic rings. The van der Waals surface area contributed by atoms with E-state index in [1.165, 1.54) is 4.90 Å². The molecule has 9 nitrogen and oxygen atoms in total. The van der Waals surface area contributed by atoms with Crippen LogP contribution in [0.25, 0.3) is 10.9 Å². The number of anilines is 1. The number of aliphatic hydroxyl groups is 1. The van der Waals surface area contributed by atoms with Crippen molar-refractivity contribution in [2.45, 2.75) is 18.4 Å². The summed E-state index contributed by atoms with van der Waals surface area (Å²) in [6.07, 6.45) is 6.62. The van der Waals surface area contributed by atoms with E-state index < -0.39 is 18.2 Å². The van der Waals surface area contributed by atoms with E-state index in [0.29, 0.717) is 24.3 Å². The number of aliphatic carboxylic acids is 1. The third kappa shape index (κ3) is 5.20. The van der Waals surface area contributed by atoms with Crippen molar-refractivity contribution in [1.29, 1.82) is 0 Å². The molecule has 3 heterocycles. The van der Waals surface area contributed by atoms with Gasteiger partial charge in [0.15, 0.2) is 6.61 Å². The zero-order valence-electron chi connectivity index (χ0n) is 18.3. The highest BCUT2D eigenvalue weighted by molar-refractivity contribution is 5.94. The van der Waals surface area contributed by atoms with E-state index in [0.717, 1.165) is 29.6 Å². The number of fused-ring (bicyclic) bond motifs is 1. The lowest BCUT2D eigenvalue weighted by Gasteiger charge is -2.42. The van der Waals surface area contributed by atoms with Gasteiger partial charge in [-0.3, -0.25) is 14.8 Å². The zero-order chi connectivity index (χ0) is 23.4. The minimum atomic E-state index is -1.07. The maximum absolute atomic E-state index is 12.9. The summed E-state index contributed by atoms with van der Waals surface area (Å²) in [6, 6.07) is 10.1. The third-order valence-electron chi connectivity index (χ3n) is 5.76. The fraction of sp³-hybridized carbons (Fsp3) is 0.333. The van der Waals surface area contributed by atoms with Crippen LogP contribution < -0.4 is 9.64 Å². The molecule has 9 heteroatoms. The maximum Gasteiger partial charge on any atom is 0.341 e. The van der Waals surface area contributed by atoms with Crippen LogP contribution in [0.3, 0.4) is 0 Å². The van der Waals surface area contributed by atoms with E-state index in [1.807, 2.05) is 12.1 Å². The van der Waals surface area contributed by atoms with E-state index in [1.54, 1.807) is 49.9 Å². The molecule has 1 aromatic carbocycles. The number of piperidine rings is 1. The van der Waals surface area contributed by atoms with Crippen LogP contribution in [0.4, 0.5) is 5.69 Å². The summed E-state index contributed by atoms with van der Waals surface area (Å²) in [7, 11) is 1.67. The second-order valence-corrected chi connectivity index (χ2v) is 8.34. The largest absolute Gasteiger partial charge is 0.482 e. The number of β-amino-alcohol motifs (C(OH)–C–C–N with tert-alkyl or cyclic N) is 1. The minimum Gasteiger partial charge on any atom is -0.482 e. The number of amides is 1. The predicted molar refractivity (Wildman–Crippen MR) is 122 cm³/mol. The summed E-state index contributed by atoms with van der Waals surface area (Å²) in [5, 5.41) is 21.0. The van der Waals surface area contributed by atoms with Crippen LogP contribution in [-0.4, -0.2) is 75.8 Å². The average Bonchev–Trinajstić information content (AvgIpc) is 2.82. The molecule has 0 spiro atoms. The van der Waals surface area contributed by atoms with E-state index in [-0.39, 0.29) is 12.5 Å². The number of rotatable bonds is 7. The molecule has 33 heavy (non-hydrogen) atoms. The highest BCUT2D eigenvalue weighted by Crippen LogP contribution is 2.31. The summed E-state index contributed by atoms with van der Waals surface area (Å²) in [5.41, 5.74) is 1.19. The second-order valence-electron chi connectivity index (χ2n) is 8.34. The fourth-order valence-electron chi connectivity index (χ4n) is 4.27. The van der Waals surface area contributed by atoms with Crippen molar-refractivity contribution in [2.24, 2.45) is 0 Å². The molecule has 1 amide bonds. The van der Waals surface area contributed by atoms with E-state index in [9.17, 15) is 14.7 Å². The summed E-state index contributed by atoms with van der Waals surface area (Å²) in [5.74, 6) is -0.929. The van der Waals surface area contributed by atoms with Crippen molar-refractivity contribution >= 4 is 28.5 Å². The highest BCUT2D eigenvalue weighted by Gasteiger charge is 2.36. The number of carbonyl (C=O) groups is 2. The normalized spacial score (nSPS) is 18.2. The Morgan fingerprint density at radius 2 is 1.97 bits per heavy atom. The molecule has 0 radical (unpaired) electrons. The van der Waals surface area contributed by atoms with Crippen molar-refractivity contribution < 1.29 is 24.5 Å². The first-order chi connectivity index (χ1) is 15.8. The second kappa shape index (κ2) is 9.41. The Labute approximate surface area is 191 Å². The SMILES string of the molecule is CN(C[C@]1(O)CCCN(c2ccnc3ccncc23)C1)C(=O)c1ccc(OCC(=O)O)cc1. The first-order valence-electron chi connectivity index (χ1n) is 10.7. The predicted octanol–water partition coefficient (Wildman–Crippen LogP) is 2.20.